The Kier molecular flexibility index (Phi) is 9.63. The SMILES string of the molecule is CCOC(=O)C1(c2ccc(-c3ccc(-c4onc(C)c4NC(=O)OC(C)c4ccccc4Cl)cc3)cc2)CN(C(=O)OC(C)(C)C)C1. The summed E-state index contributed by atoms with van der Waals surface area (Å²) in [6, 6.07) is 22.4. The van der Waals surface area contributed by atoms with Crippen LogP contribution in [0.2, 0.25) is 5.02 Å². The lowest BCUT2D eigenvalue weighted by Crippen LogP contribution is -2.66. The number of benzene rings is 3. The van der Waals surface area contributed by atoms with Crippen molar-refractivity contribution in [1.29, 1.82) is 0 Å². The molecule has 10 nitrogen and oxygen atoms in total. The van der Waals surface area contributed by atoms with Gasteiger partial charge in [0.1, 0.15) is 28.5 Å². The van der Waals surface area contributed by atoms with Crippen molar-refractivity contribution < 1.29 is 33.1 Å². The molecule has 0 radical (unpaired) electrons. The quantitative estimate of drug-likeness (QED) is 0.148. The van der Waals surface area contributed by atoms with E-state index in [-0.39, 0.29) is 25.7 Å². The number of amides is 2. The molecule has 5 rings (SSSR count). The first kappa shape index (κ1) is 33.5. The van der Waals surface area contributed by atoms with Crippen molar-refractivity contribution in [3.63, 3.8) is 0 Å². The van der Waals surface area contributed by atoms with Gasteiger partial charge in [0.2, 0.25) is 0 Å². The molecule has 1 unspecified atom stereocenters. The average molecular weight is 660 g/mol. The fourth-order valence-corrected chi connectivity index (χ4v) is 5.72. The predicted octanol–water partition coefficient (Wildman–Crippen LogP) is 8.33. The molecule has 1 saturated heterocycles. The summed E-state index contributed by atoms with van der Waals surface area (Å²) < 4.78 is 22.0. The van der Waals surface area contributed by atoms with Gasteiger partial charge in [-0.3, -0.25) is 10.1 Å². The molecule has 0 saturated carbocycles. The van der Waals surface area contributed by atoms with E-state index in [0.717, 1.165) is 16.7 Å². The monoisotopic (exact) mass is 659 g/mol. The lowest BCUT2D eigenvalue weighted by molar-refractivity contribution is -0.157. The predicted molar refractivity (Wildman–Crippen MR) is 178 cm³/mol. The number of rotatable bonds is 8. The number of hydrogen-bond acceptors (Lipinski definition) is 8. The summed E-state index contributed by atoms with van der Waals surface area (Å²) in [6.45, 7) is 11.2. The summed E-state index contributed by atoms with van der Waals surface area (Å²) >= 11 is 6.25. The zero-order valence-corrected chi connectivity index (χ0v) is 28.0. The number of likely N-dealkylation sites (tertiary alicyclic amines) is 1. The third-order valence-corrected chi connectivity index (χ3v) is 8.22. The van der Waals surface area contributed by atoms with Gasteiger partial charge in [0, 0.05) is 29.2 Å². The van der Waals surface area contributed by atoms with E-state index < -0.39 is 29.3 Å². The van der Waals surface area contributed by atoms with Gasteiger partial charge < -0.3 is 23.6 Å². The lowest BCUT2D eigenvalue weighted by atomic mass is 9.73. The number of hydrogen-bond donors (Lipinski definition) is 1. The molecule has 0 aliphatic carbocycles. The van der Waals surface area contributed by atoms with Crippen molar-refractivity contribution in [2.45, 2.75) is 58.7 Å². The maximum atomic E-state index is 13.1. The molecule has 3 aromatic carbocycles. The number of halogens is 1. The molecule has 4 aromatic rings. The molecule has 0 bridgehead atoms. The van der Waals surface area contributed by atoms with Crippen LogP contribution < -0.4 is 5.32 Å². The highest BCUT2D eigenvalue weighted by molar-refractivity contribution is 6.31. The number of anilines is 1. The van der Waals surface area contributed by atoms with Gasteiger partial charge in [0.05, 0.1) is 6.61 Å². The number of aryl methyl sites for hydroxylation is 1. The van der Waals surface area contributed by atoms with Crippen LogP contribution in [-0.4, -0.2) is 53.5 Å². The van der Waals surface area contributed by atoms with Crippen LogP contribution in [0.4, 0.5) is 15.3 Å². The van der Waals surface area contributed by atoms with E-state index in [1.54, 1.807) is 53.7 Å². The van der Waals surface area contributed by atoms with Crippen LogP contribution in [0.5, 0.6) is 0 Å². The van der Waals surface area contributed by atoms with Gasteiger partial charge in [0.15, 0.2) is 5.76 Å². The lowest BCUT2D eigenvalue weighted by Gasteiger charge is -2.48. The van der Waals surface area contributed by atoms with Crippen molar-refractivity contribution in [3.8, 4) is 22.5 Å². The minimum Gasteiger partial charge on any atom is -0.465 e. The van der Waals surface area contributed by atoms with Crippen LogP contribution in [0.15, 0.2) is 77.3 Å². The molecule has 1 aliphatic heterocycles. The second kappa shape index (κ2) is 13.5. The van der Waals surface area contributed by atoms with Crippen molar-refractivity contribution in [3.05, 3.63) is 94.6 Å². The number of ether oxygens (including phenoxy) is 3. The van der Waals surface area contributed by atoms with E-state index in [4.69, 9.17) is 30.3 Å². The third kappa shape index (κ3) is 7.28. The molecule has 1 atom stereocenters. The minimum absolute atomic E-state index is 0.175. The molecular formula is C36H38ClN3O7. The first-order valence-corrected chi connectivity index (χ1v) is 15.7. The van der Waals surface area contributed by atoms with Gasteiger partial charge in [-0.1, -0.05) is 83.5 Å². The Morgan fingerprint density at radius 1 is 0.979 bits per heavy atom. The van der Waals surface area contributed by atoms with Gasteiger partial charge in [-0.05, 0) is 64.3 Å². The standard InChI is InChI=1S/C36H38ClN3O7/c1-7-44-32(41)36(20-40(21-36)34(43)46-35(4,5)6)27-18-16-25(17-19-27)24-12-14-26(15-13-24)31-30(22(2)39-47-31)38-33(42)45-23(3)28-10-8-9-11-29(28)37/h8-19,23H,7,20-21H2,1-6H3,(H,38,42). The van der Waals surface area contributed by atoms with Crippen LogP contribution in [-0.2, 0) is 24.4 Å². The van der Waals surface area contributed by atoms with Gasteiger partial charge >= 0.3 is 18.2 Å². The molecule has 0 spiro atoms. The van der Waals surface area contributed by atoms with E-state index in [1.165, 1.54) is 4.90 Å². The van der Waals surface area contributed by atoms with E-state index in [1.807, 2.05) is 60.7 Å². The molecule has 1 fully saturated rings. The Labute approximate surface area is 278 Å². The highest BCUT2D eigenvalue weighted by Gasteiger charge is 2.54. The molecule has 1 aliphatic rings. The molecule has 2 amide bonds. The fourth-order valence-electron chi connectivity index (χ4n) is 5.43. The minimum atomic E-state index is -0.963. The summed E-state index contributed by atoms with van der Waals surface area (Å²) in [5.41, 5.74) is 3.32. The average Bonchev–Trinajstić information content (AvgIpc) is 3.35. The van der Waals surface area contributed by atoms with Crippen LogP contribution in [0, 0.1) is 6.92 Å². The normalized spacial score (nSPS) is 14.5. The van der Waals surface area contributed by atoms with Crippen LogP contribution in [0.3, 0.4) is 0 Å². The highest BCUT2D eigenvalue weighted by atomic mass is 35.5. The Balaban J connectivity index is 1.29. The summed E-state index contributed by atoms with van der Waals surface area (Å²) in [6.07, 6.45) is -1.70. The Bertz CT molecular complexity index is 1750. The highest BCUT2D eigenvalue weighted by Crippen LogP contribution is 2.39. The smallest absolute Gasteiger partial charge is 0.412 e. The molecular weight excluding hydrogens is 622 g/mol. The van der Waals surface area contributed by atoms with E-state index >= 15 is 0 Å². The second-order valence-electron chi connectivity index (χ2n) is 12.5. The maximum Gasteiger partial charge on any atom is 0.412 e. The van der Waals surface area contributed by atoms with Crippen LogP contribution in [0.1, 0.15) is 57.5 Å². The Morgan fingerprint density at radius 2 is 1.57 bits per heavy atom. The first-order chi connectivity index (χ1) is 22.3. The number of carbonyl (C=O) groups is 3. The third-order valence-electron chi connectivity index (χ3n) is 7.87. The summed E-state index contributed by atoms with van der Waals surface area (Å²) in [5.74, 6) is 0.0218. The number of carbonyl (C=O) groups excluding carboxylic acids is 3. The van der Waals surface area contributed by atoms with Gasteiger partial charge in [-0.2, -0.15) is 0 Å². The molecule has 47 heavy (non-hydrogen) atoms. The van der Waals surface area contributed by atoms with E-state index in [2.05, 4.69) is 10.5 Å². The van der Waals surface area contributed by atoms with E-state index in [9.17, 15) is 14.4 Å². The maximum absolute atomic E-state index is 13.1. The zero-order valence-electron chi connectivity index (χ0n) is 27.3. The summed E-state index contributed by atoms with van der Waals surface area (Å²) in [4.78, 5) is 40.0. The van der Waals surface area contributed by atoms with Crippen molar-refractivity contribution >= 4 is 35.4 Å². The van der Waals surface area contributed by atoms with Gasteiger partial charge in [-0.25, -0.2) is 9.59 Å². The fraction of sp³-hybridized carbons (Fsp3) is 0.333. The molecule has 11 heteroatoms. The number of nitrogens with one attached hydrogen (secondary N) is 1. The Morgan fingerprint density at radius 3 is 2.17 bits per heavy atom. The summed E-state index contributed by atoms with van der Waals surface area (Å²) in [5, 5.41) is 7.32. The van der Waals surface area contributed by atoms with Crippen molar-refractivity contribution in [2.24, 2.45) is 0 Å². The van der Waals surface area contributed by atoms with E-state index in [0.29, 0.717) is 33.3 Å². The molecule has 246 valence electrons. The topological polar surface area (TPSA) is 120 Å². The number of aromatic nitrogens is 1. The zero-order chi connectivity index (χ0) is 33.9. The van der Waals surface area contributed by atoms with Crippen molar-refractivity contribution in [2.75, 3.05) is 25.0 Å². The largest absolute Gasteiger partial charge is 0.465 e. The second-order valence-corrected chi connectivity index (χ2v) is 12.9. The van der Waals surface area contributed by atoms with Crippen LogP contribution in [0.25, 0.3) is 22.5 Å². The van der Waals surface area contributed by atoms with Gasteiger partial charge in [-0.15, -0.1) is 0 Å². The summed E-state index contributed by atoms with van der Waals surface area (Å²) in [7, 11) is 0. The Hall–Kier alpha value is -4.83. The number of esters is 1. The first-order valence-electron chi connectivity index (χ1n) is 15.4. The number of nitrogens with zero attached hydrogens (tertiary/aromatic N) is 2. The molecule has 1 N–H and O–H groups in total. The van der Waals surface area contributed by atoms with Gasteiger partial charge in [0.25, 0.3) is 0 Å². The molecule has 2 heterocycles. The molecule has 1 aromatic heterocycles. The van der Waals surface area contributed by atoms with Crippen molar-refractivity contribution in [1.82, 2.24) is 10.1 Å². The van der Waals surface area contributed by atoms with Crippen LogP contribution >= 0.6 is 11.6 Å².